The molecular weight excluding hydrogens is 200 g/mol. The molecule has 0 aromatic carbocycles. The lowest BCUT2D eigenvalue weighted by atomic mass is 10.0. The standard InChI is InChI=1S/C6H9BrO3/c1-3-6(2,7)4(8)5(9)10/h3H2,1-2H3,(H,9,10). The van der Waals surface area contributed by atoms with Gasteiger partial charge in [-0.15, -0.1) is 0 Å². The number of alkyl halides is 1. The summed E-state index contributed by atoms with van der Waals surface area (Å²) in [5.41, 5.74) is 0. The van der Waals surface area contributed by atoms with Crippen LogP contribution in [0.1, 0.15) is 20.3 Å². The molecule has 3 nitrogen and oxygen atoms in total. The number of ketones is 1. The Kier molecular flexibility index (Phi) is 3.02. The normalized spacial score (nSPS) is 15.9. The molecule has 0 aliphatic carbocycles. The number of aliphatic carboxylic acids is 1. The van der Waals surface area contributed by atoms with Crippen LogP contribution < -0.4 is 0 Å². The topological polar surface area (TPSA) is 54.4 Å². The molecule has 0 saturated heterocycles. The summed E-state index contributed by atoms with van der Waals surface area (Å²) in [6, 6.07) is 0. The summed E-state index contributed by atoms with van der Waals surface area (Å²) in [6.07, 6.45) is 0.470. The van der Waals surface area contributed by atoms with Gasteiger partial charge in [-0.2, -0.15) is 0 Å². The molecule has 1 N–H and O–H groups in total. The first-order valence-corrected chi connectivity index (χ1v) is 3.67. The SMILES string of the molecule is CCC(C)(Br)C(=O)C(=O)O. The third kappa shape index (κ3) is 2.10. The predicted molar refractivity (Wildman–Crippen MR) is 40.3 cm³/mol. The molecule has 1 atom stereocenters. The lowest BCUT2D eigenvalue weighted by molar-refractivity contribution is -0.150. The van der Waals surface area contributed by atoms with Gasteiger partial charge in [-0.1, -0.05) is 22.9 Å². The van der Waals surface area contributed by atoms with Crippen molar-refractivity contribution >= 4 is 27.7 Å². The zero-order valence-corrected chi connectivity index (χ0v) is 7.43. The minimum absolute atomic E-state index is 0.470. The Morgan fingerprint density at radius 1 is 1.60 bits per heavy atom. The Balaban J connectivity index is 4.33. The second-order valence-electron chi connectivity index (χ2n) is 2.19. The van der Waals surface area contributed by atoms with Crippen molar-refractivity contribution in [2.24, 2.45) is 0 Å². The van der Waals surface area contributed by atoms with Crippen LogP contribution in [0.15, 0.2) is 0 Å². The first-order valence-electron chi connectivity index (χ1n) is 2.88. The highest BCUT2D eigenvalue weighted by molar-refractivity contribution is 9.10. The first-order chi connectivity index (χ1) is 4.41. The molecule has 10 heavy (non-hydrogen) atoms. The Hall–Kier alpha value is -0.380. The molecule has 0 saturated carbocycles. The van der Waals surface area contributed by atoms with Crippen molar-refractivity contribution in [3.8, 4) is 0 Å². The lowest BCUT2D eigenvalue weighted by Gasteiger charge is -2.14. The van der Waals surface area contributed by atoms with Gasteiger partial charge < -0.3 is 5.11 Å². The molecule has 0 rings (SSSR count). The number of carboxylic acids is 1. The summed E-state index contributed by atoms with van der Waals surface area (Å²) >= 11 is 3.02. The van der Waals surface area contributed by atoms with Gasteiger partial charge in [0.05, 0.1) is 4.32 Å². The van der Waals surface area contributed by atoms with Crippen LogP contribution in [0.25, 0.3) is 0 Å². The van der Waals surface area contributed by atoms with E-state index in [-0.39, 0.29) is 0 Å². The van der Waals surface area contributed by atoms with E-state index in [1.54, 1.807) is 13.8 Å². The molecule has 0 spiro atoms. The van der Waals surface area contributed by atoms with Gasteiger partial charge in [-0.25, -0.2) is 4.79 Å². The van der Waals surface area contributed by atoms with Crippen molar-refractivity contribution in [3.63, 3.8) is 0 Å². The van der Waals surface area contributed by atoms with Crippen LogP contribution in [0.3, 0.4) is 0 Å². The molecular formula is C6H9BrO3. The highest BCUT2D eigenvalue weighted by atomic mass is 79.9. The van der Waals surface area contributed by atoms with Crippen LogP contribution in [0.2, 0.25) is 0 Å². The van der Waals surface area contributed by atoms with Crippen molar-refractivity contribution in [3.05, 3.63) is 0 Å². The van der Waals surface area contributed by atoms with Gasteiger partial charge in [0.1, 0.15) is 0 Å². The Morgan fingerprint density at radius 3 is 2.10 bits per heavy atom. The monoisotopic (exact) mass is 208 g/mol. The summed E-state index contributed by atoms with van der Waals surface area (Å²) in [4.78, 5) is 20.9. The summed E-state index contributed by atoms with van der Waals surface area (Å²) in [6.45, 7) is 3.29. The number of halogens is 1. The van der Waals surface area contributed by atoms with E-state index in [2.05, 4.69) is 15.9 Å². The number of carbonyl (C=O) groups is 2. The zero-order valence-electron chi connectivity index (χ0n) is 5.85. The van der Waals surface area contributed by atoms with Crippen molar-refractivity contribution in [1.29, 1.82) is 0 Å². The van der Waals surface area contributed by atoms with Crippen LogP contribution in [0.4, 0.5) is 0 Å². The van der Waals surface area contributed by atoms with E-state index in [9.17, 15) is 9.59 Å². The van der Waals surface area contributed by atoms with Gasteiger partial charge in [0, 0.05) is 0 Å². The van der Waals surface area contributed by atoms with Gasteiger partial charge in [0.25, 0.3) is 5.78 Å². The van der Waals surface area contributed by atoms with Gasteiger partial charge in [0.2, 0.25) is 0 Å². The quantitative estimate of drug-likeness (QED) is 0.561. The molecule has 0 aromatic heterocycles. The average Bonchev–Trinajstić information content (AvgIpc) is 1.86. The number of carbonyl (C=O) groups excluding carboxylic acids is 1. The van der Waals surface area contributed by atoms with Crippen molar-refractivity contribution in [1.82, 2.24) is 0 Å². The number of rotatable bonds is 3. The highest BCUT2D eigenvalue weighted by Crippen LogP contribution is 2.22. The van der Waals surface area contributed by atoms with Crippen molar-refractivity contribution in [2.45, 2.75) is 24.6 Å². The summed E-state index contributed by atoms with van der Waals surface area (Å²) < 4.78 is -0.904. The molecule has 0 bridgehead atoms. The lowest BCUT2D eigenvalue weighted by Crippen LogP contribution is -2.33. The fourth-order valence-corrected chi connectivity index (χ4v) is 0.553. The van der Waals surface area contributed by atoms with Gasteiger partial charge in [0.15, 0.2) is 0 Å². The molecule has 0 fully saturated rings. The Morgan fingerprint density at radius 2 is 2.00 bits per heavy atom. The molecule has 0 aliphatic heterocycles. The first kappa shape index (κ1) is 9.62. The summed E-state index contributed by atoms with van der Waals surface area (Å²) in [7, 11) is 0. The molecule has 0 aliphatic rings. The minimum Gasteiger partial charge on any atom is -0.475 e. The molecule has 0 radical (unpaired) electrons. The van der Waals surface area contributed by atoms with E-state index in [4.69, 9.17) is 5.11 Å². The fourth-order valence-electron chi connectivity index (χ4n) is 0.384. The van der Waals surface area contributed by atoms with Crippen LogP contribution >= 0.6 is 15.9 Å². The molecule has 0 heterocycles. The molecule has 4 heteroatoms. The van der Waals surface area contributed by atoms with Gasteiger partial charge in [-0.05, 0) is 13.3 Å². The van der Waals surface area contributed by atoms with Gasteiger partial charge >= 0.3 is 5.97 Å². The number of carboxylic acid groups (broad SMARTS) is 1. The van der Waals surface area contributed by atoms with Crippen LogP contribution in [0, 0.1) is 0 Å². The minimum atomic E-state index is -1.39. The number of Topliss-reactive ketones (excluding diaryl/α,β-unsaturated/α-hetero) is 1. The molecule has 58 valence electrons. The maximum absolute atomic E-state index is 10.7. The predicted octanol–water partition coefficient (Wildman–Crippen LogP) is 1.20. The maximum atomic E-state index is 10.7. The van der Waals surface area contributed by atoms with E-state index in [0.29, 0.717) is 6.42 Å². The second-order valence-corrected chi connectivity index (χ2v) is 3.94. The van der Waals surface area contributed by atoms with E-state index >= 15 is 0 Å². The average molecular weight is 209 g/mol. The third-order valence-corrected chi connectivity index (χ3v) is 2.25. The van der Waals surface area contributed by atoms with E-state index in [1.807, 2.05) is 0 Å². The van der Waals surface area contributed by atoms with E-state index in [1.165, 1.54) is 0 Å². The van der Waals surface area contributed by atoms with Crippen LogP contribution in [-0.2, 0) is 9.59 Å². The van der Waals surface area contributed by atoms with E-state index < -0.39 is 16.1 Å². The summed E-state index contributed by atoms with van der Waals surface area (Å²) in [5.74, 6) is -2.18. The van der Waals surface area contributed by atoms with Crippen LogP contribution in [0.5, 0.6) is 0 Å². The fraction of sp³-hybridized carbons (Fsp3) is 0.667. The Labute approximate surface area is 67.5 Å². The highest BCUT2D eigenvalue weighted by Gasteiger charge is 2.32. The second kappa shape index (κ2) is 3.14. The molecule has 1 unspecified atom stereocenters. The third-order valence-electron chi connectivity index (χ3n) is 1.33. The van der Waals surface area contributed by atoms with Gasteiger partial charge in [-0.3, -0.25) is 4.79 Å². The zero-order chi connectivity index (χ0) is 8.36. The maximum Gasteiger partial charge on any atom is 0.373 e. The van der Waals surface area contributed by atoms with Crippen molar-refractivity contribution < 1.29 is 14.7 Å². The van der Waals surface area contributed by atoms with E-state index in [0.717, 1.165) is 0 Å². The number of hydrogen-bond acceptors (Lipinski definition) is 2. The summed E-state index contributed by atoms with van der Waals surface area (Å²) in [5, 5.41) is 8.27. The smallest absolute Gasteiger partial charge is 0.373 e. The molecule has 0 amide bonds. The van der Waals surface area contributed by atoms with Crippen molar-refractivity contribution in [2.75, 3.05) is 0 Å². The Bertz CT molecular complexity index is 162. The largest absolute Gasteiger partial charge is 0.475 e. The number of hydrogen-bond donors (Lipinski definition) is 1. The van der Waals surface area contributed by atoms with Crippen LogP contribution in [-0.4, -0.2) is 21.2 Å². The molecule has 0 aromatic rings.